The van der Waals surface area contributed by atoms with E-state index in [0.717, 1.165) is 36.2 Å². The lowest BCUT2D eigenvalue weighted by Crippen LogP contribution is -2.25. The minimum atomic E-state index is -0.267. The van der Waals surface area contributed by atoms with Crippen molar-refractivity contribution in [3.63, 3.8) is 0 Å². The van der Waals surface area contributed by atoms with Crippen molar-refractivity contribution in [3.05, 3.63) is 71.0 Å². The molecule has 27 heavy (non-hydrogen) atoms. The molecular formula is C22H26FN3O. The van der Waals surface area contributed by atoms with E-state index in [2.05, 4.69) is 30.2 Å². The van der Waals surface area contributed by atoms with Crippen molar-refractivity contribution in [2.24, 2.45) is 5.10 Å². The van der Waals surface area contributed by atoms with E-state index in [0.29, 0.717) is 19.4 Å². The minimum absolute atomic E-state index is 0.00664. The molecule has 0 atom stereocenters. The summed E-state index contributed by atoms with van der Waals surface area (Å²) in [6, 6.07) is 14.4. The molecule has 0 aliphatic carbocycles. The molecule has 0 spiro atoms. The van der Waals surface area contributed by atoms with Gasteiger partial charge in [-0.15, -0.1) is 0 Å². The van der Waals surface area contributed by atoms with Crippen LogP contribution in [-0.2, 0) is 17.6 Å². The van der Waals surface area contributed by atoms with Crippen molar-refractivity contribution in [1.29, 1.82) is 0 Å². The fourth-order valence-corrected chi connectivity index (χ4v) is 3.30. The predicted molar refractivity (Wildman–Crippen MR) is 106 cm³/mol. The van der Waals surface area contributed by atoms with Crippen LogP contribution in [0.5, 0.6) is 0 Å². The normalized spacial score (nSPS) is 13.9. The van der Waals surface area contributed by atoms with Gasteiger partial charge < -0.3 is 4.90 Å². The molecule has 0 N–H and O–H groups in total. The van der Waals surface area contributed by atoms with Crippen molar-refractivity contribution in [2.45, 2.75) is 25.7 Å². The number of hydrogen-bond acceptors (Lipinski definition) is 3. The monoisotopic (exact) mass is 367 g/mol. The molecule has 0 saturated carbocycles. The van der Waals surface area contributed by atoms with Crippen LogP contribution in [-0.4, -0.2) is 48.7 Å². The Bertz CT molecular complexity index is 815. The van der Waals surface area contributed by atoms with E-state index < -0.39 is 0 Å². The maximum absolute atomic E-state index is 13.1. The Morgan fingerprint density at radius 1 is 1.11 bits per heavy atom. The number of rotatable bonds is 7. The van der Waals surface area contributed by atoms with Crippen LogP contribution in [0.15, 0.2) is 53.6 Å². The summed E-state index contributed by atoms with van der Waals surface area (Å²) in [5.74, 6) is -0.261. The Kier molecular flexibility index (Phi) is 6.35. The highest BCUT2D eigenvalue weighted by atomic mass is 19.1. The van der Waals surface area contributed by atoms with Crippen molar-refractivity contribution in [3.8, 4) is 0 Å². The maximum Gasteiger partial charge on any atom is 0.247 e. The summed E-state index contributed by atoms with van der Waals surface area (Å²) in [5, 5.41) is 6.02. The molecule has 3 rings (SSSR count). The lowest BCUT2D eigenvalue weighted by molar-refractivity contribution is -0.130. The Labute approximate surface area is 160 Å². The molecule has 1 aliphatic rings. The van der Waals surface area contributed by atoms with E-state index in [4.69, 9.17) is 0 Å². The third-order valence-electron chi connectivity index (χ3n) is 4.78. The molecule has 0 unspecified atom stereocenters. The molecule has 5 heteroatoms. The topological polar surface area (TPSA) is 35.9 Å². The van der Waals surface area contributed by atoms with Crippen LogP contribution < -0.4 is 0 Å². The highest BCUT2D eigenvalue weighted by molar-refractivity contribution is 6.02. The Hall–Kier alpha value is -2.53. The number of aryl methyl sites for hydroxylation is 1. The number of carbonyl (C=O) groups is 1. The first kappa shape index (κ1) is 19.2. The quantitative estimate of drug-likeness (QED) is 0.751. The number of nitrogens with zero attached hydrogens (tertiary/aromatic N) is 3. The van der Waals surface area contributed by atoms with Gasteiger partial charge in [-0.05, 0) is 62.3 Å². The van der Waals surface area contributed by atoms with E-state index in [1.165, 1.54) is 17.7 Å². The molecule has 0 aromatic heterocycles. The summed E-state index contributed by atoms with van der Waals surface area (Å²) in [6.07, 6.45) is 3.08. The number of carbonyl (C=O) groups excluding carboxylic acids is 1. The molecule has 142 valence electrons. The van der Waals surface area contributed by atoms with Gasteiger partial charge in [0.2, 0.25) is 5.91 Å². The zero-order valence-electron chi connectivity index (χ0n) is 16.0. The van der Waals surface area contributed by atoms with Gasteiger partial charge in [-0.25, -0.2) is 9.40 Å². The van der Waals surface area contributed by atoms with E-state index >= 15 is 0 Å². The van der Waals surface area contributed by atoms with Crippen molar-refractivity contribution in [1.82, 2.24) is 9.91 Å². The molecular weight excluding hydrogens is 341 g/mol. The molecule has 1 heterocycles. The van der Waals surface area contributed by atoms with E-state index in [-0.39, 0.29) is 11.7 Å². The molecule has 0 saturated heterocycles. The number of halogens is 1. The van der Waals surface area contributed by atoms with E-state index in [1.54, 1.807) is 17.1 Å². The van der Waals surface area contributed by atoms with Gasteiger partial charge in [-0.3, -0.25) is 4.79 Å². The lowest BCUT2D eigenvalue weighted by Gasteiger charge is -2.14. The average molecular weight is 367 g/mol. The summed E-state index contributed by atoms with van der Waals surface area (Å²) in [4.78, 5) is 14.9. The average Bonchev–Trinajstić information content (AvgIpc) is 3.14. The number of benzene rings is 2. The Morgan fingerprint density at radius 3 is 2.52 bits per heavy atom. The lowest BCUT2D eigenvalue weighted by atomic mass is 10.00. The van der Waals surface area contributed by atoms with E-state index in [9.17, 15) is 9.18 Å². The predicted octanol–water partition coefficient (Wildman–Crippen LogP) is 3.50. The summed E-state index contributed by atoms with van der Waals surface area (Å²) in [7, 11) is 4.14. The van der Waals surface area contributed by atoms with Gasteiger partial charge in [-0.1, -0.05) is 36.4 Å². The number of hydrazone groups is 1. The second kappa shape index (κ2) is 8.91. The van der Waals surface area contributed by atoms with Gasteiger partial charge in [-0.2, -0.15) is 5.10 Å². The highest BCUT2D eigenvalue weighted by Crippen LogP contribution is 2.18. The first-order valence-electron chi connectivity index (χ1n) is 9.38. The largest absolute Gasteiger partial charge is 0.309 e. The fraction of sp³-hybridized carbons (Fsp3) is 0.364. The third kappa shape index (κ3) is 5.23. The van der Waals surface area contributed by atoms with Gasteiger partial charge in [0.25, 0.3) is 0 Å². The molecule has 0 bridgehead atoms. The molecule has 1 aliphatic heterocycles. The Morgan fingerprint density at radius 2 is 1.81 bits per heavy atom. The summed E-state index contributed by atoms with van der Waals surface area (Å²) in [5.41, 5.74) is 4.01. The first-order valence-corrected chi connectivity index (χ1v) is 9.38. The Balaban J connectivity index is 1.65. The molecule has 4 nitrogen and oxygen atoms in total. The van der Waals surface area contributed by atoms with Crippen LogP contribution >= 0.6 is 0 Å². The van der Waals surface area contributed by atoms with E-state index in [1.807, 2.05) is 18.2 Å². The molecule has 0 fully saturated rings. The molecule has 0 radical (unpaired) electrons. The van der Waals surface area contributed by atoms with Crippen molar-refractivity contribution in [2.75, 3.05) is 27.2 Å². The first-order chi connectivity index (χ1) is 13.0. The van der Waals surface area contributed by atoms with Crippen LogP contribution in [0.2, 0.25) is 0 Å². The highest BCUT2D eigenvalue weighted by Gasteiger charge is 2.22. The van der Waals surface area contributed by atoms with Crippen LogP contribution in [0.25, 0.3) is 0 Å². The van der Waals surface area contributed by atoms with Crippen molar-refractivity contribution < 1.29 is 9.18 Å². The van der Waals surface area contributed by atoms with Gasteiger partial charge in [0.15, 0.2) is 0 Å². The maximum atomic E-state index is 13.1. The third-order valence-corrected chi connectivity index (χ3v) is 4.78. The molecule has 2 aromatic carbocycles. The number of amides is 1. The van der Waals surface area contributed by atoms with Gasteiger partial charge in [0.1, 0.15) is 5.82 Å². The fourth-order valence-electron chi connectivity index (χ4n) is 3.30. The second-order valence-corrected chi connectivity index (χ2v) is 7.17. The summed E-state index contributed by atoms with van der Waals surface area (Å²) < 4.78 is 13.1. The standard InChI is InChI=1S/C22H26FN3O/c1-25(2)14-5-8-17-6-3-4-7-19(17)16-22(27)26-15-13-21(24-26)18-9-11-20(23)12-10-18/h3-4,6-7,9-12H,5,8,13-16H2,1-2H3. The van der Waals surface area contributed by atoms with Crippen LogP contribution in [0, 0.1) is 5.82 Å². The number of hydrogen-bond donors (Lipinski definition) is 0. The smallest absolute Gasteiger partial charge is 0.247 e. The molecule has 1 amide bonds. The van der Waals surface area contributed by atoms with Crippen LogP contribution in [0.1, 0.15) is 29.5 Å². The summed E-state index contributed by atoms with van der Waals surface area (Å²) >= 11 is 0. The van der Waals surface area contributed by atoms with Crippen LogP contribution in [0.4, 0.5) is 4.39 Å². The van der Waals surface area contributed by atoms with Gasteiger partial charge in [0.05, 0.1) is 18.7 Å². The SMILES string of the molecule is CN(C)CCCc1ccccc1CC(=O)N1CCC(c2ccc(F)cc2)=N1. The zero-order chi connectivity index (χ0) is 19.2. The summed E-state index contributed by atoms with van der Waals surface area (Å²) in [6.45, 7) is 1.61. The van der Waals surface area contributed by atoms with Gasteiger partial charge >= 0.3 is 0 Å². The van der Waals surface area contributed by atoms with Crippen LogP contribution in [0.3, 0.4) is 0 Å². The van der Waals surface area contributed by atoms with Crippen molar-refractivity contribution >= 4 is 11.6 Å². The van der Waals surface area contributed by atoms with Gasteiger partial charge in [0, 0.05) is 6.42 Å². The minimum Gasteiger partial charge on any atom is -0.309 e. The second-order valence-electron chi connectivity index (χ2n) is 7.17. The molecule has 2 aromatic rings. The zero-order valence-corrected chi connectivity index (χ0v) is 16.0.